The fourth-order valence-electron chi connectivity index (χ4n) is 5.59. The molecular formula is C27H36FN7O3. The summed E-state index contributed by atoms with van der Waals surface area (Å²) < 4.78 is 21.5. The summed E-state index contributed by atoms with van der Waals surface area (Å²) in [6.07, 6.45) is 5.64. The number of alkyl halides is 1. The molecule has 2 aromatic rings. The molecule has 38 heavy (non-hydrogen) atoms. The number of aromatic nitrogens is 2. The zero-order valence-electron chi connectivity index (χ0n) is 22.5. The lowest BCUT2D eigenvalue weighted by Crippen LogP contribution is -2.57. The molecule has 2 N–H and O–H groups in total. The van der Waals surface area contributed by atoms with Crippen molar-refractivity contribution >= 4 is 35.0 Å². The molecule has 1 aromatic carbocycles. The first-order valence-corrected chi connectivity index (χ1v) is 13.3. The maximum atomic E-state index is 15.9. The zero-order chi connectivity index (χ0) is 27.0. The molecule has 1 saturated heterocycles. The summed E-state index contributed by atoms with van der Waals surface area (Å²) in [5, 5.41) is 6.22. The first-order chi connectivity index (χ1) is 18.2. The number of amides is 2. The van der Waals surface area contributed by atoms with Crippen molar-refractivity contribution in [1.82, 2.24) is 20.2 Å². The number of hydrogen-bond donors (Lipinski definition) is 2. The number of carbonyl (C=O) groups excluding carboxylic acids is 2. The Bertz CT molecular complexity index is 1220. The minimum Gasteiger partial charge on any atom is -0.495 e. The second-order valence-electron chi connectivity index (χ2n) is 10.6. The van der Waals surface area contributed by atoms with Gasteiger partial charge in [0.25, 0.3) is 11.8 Å². The van der Waals surface area contributed by atoms with Gasteiger partial charge in [0.05, 0.1) is 31.6 Å². The van der Waals surface area contributed by atoms with Crippen LogP contribution in [0.5, 0.6) is 5.75 Å². The van der Waals surface area contributed by atoms with Gasteiger partial charge in [0, 0.05) is 31.7 Å². The molecule has 2 aliphatic heterocycles. The van der Waals surface area contributed by atoms with Crippen LogP contribution in [0.1, 0.15) is 49.4 Å². The fraction of sp³-hybridized carbons (Fsp3) is 0.556. The third-order valence-corrected chi connectivity index (χ3v) is 7.93. The van der Waals surface area contributed by atoms with E-state index in [0.29, 0.717) is 34.5 Å². The Morgan fingerprint density at radius 1 is 1.24 bits per heavy atom. The Kier molecular flexibility index (Phi) is 7.13. The van der Waals surface area contributed by atoms with Crippen LogP contribution in [-0.4, -0.2) is 85.3 Å². The number of anilines is 4. The number of likely N-dealkylation sites (N-methyl/N-ethyl adjacent to an activating group) is 1. The molecule has 10 nitrogen and oxygen atoms in total. The van der Waals surface area contributed by atoms with Crippen molar-refractivity contribution < 1.29 is 18.7 Å². The first-order valence-electron chi connectivity index (χ1n) is 13.3. The van der Waals surface area contributed by atoms with Gasteiger partial charge in [-0.15, -0.1) is 0 Å². The van der Waals surface area contributed by atoms with Gasteiger partial charge in [-0.1, -0.05) is 19.8 Å². The smallest absolute Gasteiger partial charge is 0.266 e. The molecule has 1 aliphatic carbocycles. The minimum atomic E-state index is -2.00. The summed E-state index contributed by atoms with van der Waals surface area (Å²) in [5.74, 6) is 0.577. The van der Waals surface area contributed by atoms with E-state index in [-0.39, 0.29) is 31.0 Å². The van der Waals surface area contributed by atoms with Gasteiger partial charge in [-0.05, 0) is 44.5 Å². The number of halogens is 1. The topological polar surface area (TPSA) is 103 Å². The molecule has 1 unspecified atom stereocenters. The number of ether oxygens (including phenoxy) is 1. The third-order valence-electron chi connectivity index (χ3n) is 7.93. The van der Waals surface area contributed by atoms with Gasteiger partial charge in [-0.3, -0.25) is 9.59 Å². The Balaban J connectivity index is 1.43. The van der Waals surface area contributed by atoms with Gasteiger partial charge >= 0.3 is 0 Å². The fourth-order valence-corrected chi connectivity index (χ4v) is 5.59. The molecule has 1 aromatic heterocycles. The van der Waals surface area contributed by atoms with Gasteiger partial charge < -0.3 is 30.1 Å². The highest BCUT2D eigenvalue weighted by atomic mass is 19.1. The van der Waals surface area contributed by atoms with Crippen LogP contribution >= 0.6 is 0 Å². The highest BCUT2D eigenvalue weighted by Crippen LogP contribution is 2.40. The molecule has 0 radical (unpaired) electrons. The standard InChI is InChI=1S/C27H36FN7O3/c1-5-27(28)16-35(19-8-6-7-9-19)23-21(34(3)25(27)37)13-29-26(32-23)31-20-11-10-17(12-22(20)38-4)24(36)30-18-14-33(2)15-18/h10-13,18-19H,5-9,14-16H2,1-4H3,(H,30,36)(H,29,31,32). The van der Waals surface area contributed by atoms with Crippen LogP contribution in [0.4, 0.5) is 27.5 Å². The predicted octanol–water partition coefficient (Wildman–Crippen LogP) is 3.12. The zero-order valence-corrected chi connectivity index (χ0v) is 22.5. The lowest BCUT2D eigenvalue weighted by molar-refractivity contribution is -0.129. The largest absolute Gasteiger partial charge is 0.495 e. The molecule has 1 atom stereocenters. The van der Waals surface area contributed by atoms with E-state index in [1.165, 1.54) is 12.0 Å². The van der Waals surface area contributed by atoms with E-state index in [0.717, 1.165) is 38.8 Å². The number of likely N-dealkylation sites (tertiary alicyclic amines) is 1. The van der Waals surface area contributed by atoms with Crippen molar-refractivity contribution in [3.8, 4) is 5.75 Å². The lowest BCUT2D eigenvalue weighted by atomic mass is 10.00. The van der Waals surface area contributed by atoms with Crippen molar-refractivity contribution in [2.45, 2.75) is 56.8 Å². The van der Waals surface area contributed by atoms with E-state index in [1.54, 1.807) is 38.4 Å². The monoisotopic (exact) mass is 525 g/mol. The van der Waals surface area contributed by atoms with Crippen LogP contribution < -0.4 is 25.2 Å². The Morgan fingerprint density at radius 3 is 2.63 bits per heavy atom. The number of benzene rings is 1. The molecule has 3 aliphatic rings. The average Bonchev–Trinajstić information content (AvgIpc) is 3.42. The second kappa shape index (κ2) is 10.4. The van der Waals surface area contributed by atoms with Crippen LogP contribution in [0.25, 0.3) is 0 Å². The number of nitrogens with zero attached hydrogens (tertiary/aromatic N) is 5. The Morgan fingerprint density at radius 2 is 1.97 bits per heavy atom. The lowest BCUT2D eigenvalue weighted by Gasteiger charge is -2.36. The van der Waals surface area contributed by atoms with Crippen molar-refractivity contribution in [3.63, 3.8) is 0 Å². The molecule has 2 fully saturated rings. The summed E-state index contributed by atoms with van der Waals surface area (Å²) in [4.78, 5) is 40.4. The number of hydrogen-bond acceptors (Lipinski definition) is 8. The van der Waals surface area contributed by atoms with Gasteiger partial charge in [-0.25, -0.2) is 9.37 Å². The number of nitrogens with one attached hydrogen (secondary N) is 2. The number of rotatable bonds is 7. The highest BCUT2D eigenvalue weighted by molar-refractivity contribution is 6.03. The number of fused-ring (bicyclic) bond motifs is 1. The van der Waals surface area contributed by atoms with Crippen molar-refractivity contribution in [2.75, 3.05) is 56.0 Å². The summed E-state index contributed by atoms with van der Waals surface area (Å²) in [6.45, 7) is 3.33. The highest BCUT2D eigenvalue weighted by Gasteiger charge is 2.47. The first kappa shape index (κ1) is 26.1. The third kappa shape index (κ3) is 4.87. The van der Waals surface area contributed by atoms with E-state index in [9.17, 15) is 9.59 Å². The van der Waals surface area contributed by atoms with E-state index in [2.05, 4.69) is 20.5 Å². The Hall–Kier alpha value is -3.47. The molecule has 0 spiro atoms. The van der Waals surface area contributed by atoms with Crippen molar-refractivity contribution in [2.24, 2.45) is 0 Å². The van der Waals surface area contributed by atoms with Crippen LogP contribution in [0.3, 0.4) is 0 Å². The summed E-state index contributed by atoms with van der Waals surface area (Å²) in [5.41, 5.74) is -0.427. The van der Waals surface area contributed by atoms with Gasteiger partial charge in [0.1, 0.15) is 11.4 Å². The number of carbonyl (C=O) groups is 2. The average molecular weight is 526 g/mol. The van der Waals surface area contributed by atoms with Crippen molar-refractivity contribution in [1.29, 1.82) is 0 Å². The van der Waals surface area contributed by atoms with Crippen LogP contribution in [0, 0.1) is 0 Å². The summed E-state index contributed by atoms with van der Waals surface area (Å²) >= 11 is 0. The van der Waals surface area contributed by atoms with Crippen molar-refractivity contribution in [3.05, 3.63) is 30.0 Å². The van der Waals surface area contributed by atoms with E-state index in [4.69, 9.17) is 9.72 Å². The van der Waals surface area contributed by atoms with E-state index < -0.39 is 11.6 Å². The van der Waals surface area contributed by atoms with Crippen LogP contribution in [0.2, 0.25) is 0 Å². The van der Waals surface area contributed by atoms with Gasteiger partial charge in [0.15, 0.2) is 5.82 Å². The maximum absolute atomic E-state index is 15.9. The molecule has 2 amide bonds. The predicted molar refractivity (Wildman–Crippen MR) is 144 cm³/mol. The number of methoxy groups -OCH3 is 1. The van der Waals surface area contributed by atoms with Crippen LogP contribution in [0.15, 0.2) is 24.4 Å². The molecule has 5 rings (SSSR count). The van der Waals surface area contributed by atoms with E-state index in [1.807, 2.05) is 11.9 Å². The molecule has 1 saturated carbocycles. The Labute approximate surface area is 222 Å². The quantitative estimate of drug-likeness (QED) is 0.569. The van der Waals surface area contributed by atoms with E-state index >= 15 is 4.39 Å². The summed E-state index contributed by atoms with van der Waals surface area (Å²) in [7, 11) is 5.13. The minimum absolute atomic E-state index is 0.0370. The normalized spacial score (nSPS) is 22.6. The summed E-state index contributed by atoms with van der Waals surface area (Å²) in [6, 6.07) is 5.42. The molecule has 204 valence electrons. The molecule has 3 heterocycles. The molecular weight excluding hydrogens is 489 g/mol. The molecule has 0 bridgehead atoms. The second-order valence-corrected chi connectivity index (χ2v) is 10.6. The van der Waals surface area contributed by atoms with Gasteiger partial charge in [0.2, 0.25) is 11.6 Å². The SMILES string of the molecule is CCC1(F)CN(C2CCCC2)c2nc(Nc3ccc(C(=O)NC4CN(C)C4)cc3OC)ncc2N(C)C1=O. The van der Waals surface area contributed by atoms with Gasteiger partial charge in [-0.2, -0.15) is 4.98 Å². The maximum Gasteiger partial charge on any atom is 0.266 e. The molecule has 11 heteroatoms. The van der Waals surface area contributed by atoms with Crippen LogP contribution in [-0.2, 0) is 4.79 Å².